The van der Waals surface area contributed by atoms with Crippen LogP contribution in [0.15, 0.2) is 68.1 Å². The van der Waals surface area contributed by atoms with Crippen molar-refractivity contribution in [1.29, 1.82) is 0 Å². The summed E-state index contributed by atoms with van der Waals surface area (Å²) in [7, 11) is -9.67. The third-order valence-electron chi connectivity index (χ3n) is 10.9. The lowest BCUT2D eigenvalue weighted by Crippen LogP contribution is -2.28. The first-order valence-corrected chi connectivity index (χ1v) is 26.8. The summed E-state index contributed by atoms with van der Waals surface area (Å²) in [6.07, 6.45) is -2.79. The van der Waals surface area contributed by atoms with Crippen molar-refractivity contribution in [2.24, 2.45) is 0 Å². The average molecular weight is 1090 g/mol. The second kappa shape index (κ2) is 21.8. The van der Waals surface area contributed by atoms with E-state index in [9.17, 15) is 71.1 Å². The average Bonchev–Trinajstić information content (AvgIpc) is 3.25. The van der Waals surface area contributed by atoms with Gasteiger partial charge in [-0.3, -0.25) is 37.4 Å². The van der Waals surface area contributed by atoms with E-state index in [-0.39, 0.29) is 67.5 Å². The maximum absolute atomic E-state index is 13.1. The van der Waals surface area contributed by atoms with Gasteiger partial charge in [-0.15, -0.1) is 0 Å². The van der Waals surface area contributed by atoms with Crippen molar-refractivity contribution in [3.63, 3.8) is 0 Å². The Kier molecular flexibility index (Phi) is 17.1. The van der Waals surface area contributed by atoms with Crippen molar-refractivity contribution in [1.82, 2.24) is 19.6 Å². The Morgan fingerprint density at radius 1 is 0.347 bits per heavy atom. The summed E-state index contributed by atoms with van der Waals surface area (Å²) in [5, 5.41) is 0. The molecule has 0 fully saturated rings. The Bertz CT molecular complexity index is 2770. The fraction of sp³-hybridized carbons (Fsp3) is 0.364. The van der Waals surface area contributed by atoms with Gasteiger partial charge in [0.15, 0.2) is 26.4 Å². The van der Waals surface area contributed by atoms with Crippen LogP contribution in [-0.4, -0.2) is 178 Å². The second-order valence-electron chi connectivity index (χ2n) is 17.2. The fourth-order valence-corrected chi connectivity index (χ4v) is 9.48. The number of hydrogen-bond acceptors (Lipinski definition) is 16. The molecular formula is C44H52N4O20S4. The smallest absolute Gasteiger partial charge is 0.294 e. The molecule has 1 aliphatic rings. The Labute approximate surface area is 416 Å². The lowest BCUT2D eigenvalue weighted by atomic mass is 9.91. The third-order valence-corrected chi connectivity index (χ3v) is 14.3. The first kappa shape index (κ1) is 56.5. The van der Waals surface area contributed by atoms with Crippen LogP contribution in [0.2, 0.25) is 0 Å². The number of hydrogen-bond donors (Lipinski definition) is 4. The molecule has 72 heavy (non-hydrogen) atoms. The van der Waals surface area contributed by atoms with Gasteiger partial charge < -0.3 is 38.5 Å². The zero-order valence-electron chi connectivity index (χ0n) is 40.0. The van der Waals surface area contributed by atoms with E-state index < -0.39 is 136 Å². The molecule has 8 bridgehead atoms. The van der Waals surface area contributed by atoms with Crippen molar-refractivity contribution in [3.8, 4) is 23.0 Å². The maximum Gasteiger partial charge on any atom is 0.294 e. The molecule has 0 heterocycles. The molecule has 0 aliphatic heterocycles. The normalized spacial score (nSPS) is 12.8. The molecule has 0 saturated heterocycles. The van der Waals surface area contributed by atoms with E-state index in [1.807, 2.05) is 0 Å². The van der Waals surface area contributed by atoms with E-state index in [4.69, 9.17) is 18.9 Å². The molecule has 0 radical (unpaired) electrons. The fourth-order valence-electron chi connectivity index (χ4n) is 7.15. The van der Waals surface area contributed by atoms with Crippen LogP contribution in [0.3, 0.4) is 0 Å². The van der Waals surface area contributed by atoms with Crippen molar-refractivity contribution in [2.45, 2.75) is 45.3 Å². The van der Waals surface area contributed by atoms with Crippen LogP contribution in [0.25, 0.3) is 0 Å². The van der Waals surface area contributed by atoms with Crippen molar-refractivity contribution < 1.29 is 90.0 Å². The number of carbonyl (C=O) groups excluding carboxylic acids is 4. The minimum Gasteiger partial charge on any atom is -0.483 e. The van der Waals surface area contributed by atoms with Crippen LogP contribution >= 0.6 is 0 Å². The van der Waals surface area contributed by atoms with Gasteiger partial charge in [0.05, 0.1) is 19.6 Å². The van der Waals surface area contributed by atoms with Crippen LogP contribution in [-0.2, 0) is 85.3 Å². The molecule has 5 rings (SSSR count). The number of rotatable bonds is 16. The minimum absolute atomic E-state index is 0.251. The largest absolute Gasteiger partial charge is 0.483 e. The molecule has 0 atom stereocenters. The quantitative estimate of drug-likeness (QED) is 0.101. The highest BCUT2D eigenvalue weighted by Gasteiger charge is 2.30. The minimum atomic E-state index is -5.21. The first-order valence-electron chi connectivity index (χ1n) is 21.0. The number of amides is 4. The lowest BCUT2D eigenvalue weighted by molar-refractivity contribution is -0.131. The van der Waals surface area contributed by atoms with Gasteiger partial charge in [-0.2, -0.15) is 33.7 Å². The summed E-state index contributed by atoms with van der Waals surface area (Å²) in [6, 6.07) is 7.18. The molecule has 0 spiro atoms. The highest BCUT2D eigenvalue weighted by Crippen LogP contribution is 2.42. The van der Waals surface area contributed by atoms with Gasteiger partial charge in [-0.05, 0) is 48.5 Å². The number of fused-ring (bicyclic) bond motifs is 8. The van der Waals surface area contributed by atoms with Gasteiger partial charge in [0.25, 0.3) is 64.1 Å². The van der Waals surface area contributed by atoms with E-state index in [0.717, 1.165) is 68.1 Å². The monoisotopic (exact) mass is 1080 g/mol. The molecule has 1 aliphatic carbocycles. The van der Waals surface area contributed by atoms with Gasteiger partial charge in [0, 0.05) is 127 Å². The number of likely N-dealkylation sites (N-methyl/N-ethyl adjacent to an activating group) is 4. The SMILES string of the molecule is CN(C)C(=O)COc1c2cc(S(=O)(=O)O)cc1Cc1cc(S(=O)(=O)O)cc(c1OCC(=O)N(C)C)Cc1cc(S(=O)(=O)O)cc(c1OCC(=O)N(C)C)Cc1cc(S(=O)(=O)O)cc(c1OCC(=O)N(C)C)C2. The van der Waals surface area contributed by atoms with E-state index in [1.54, 1.807) is 0 Å². The zero-order chi connectivity index (χ0) is 54.0. The zero-order valence-corrected chi connectivity index (χ0v) is 43.3. The maximum atomic E-state index is 13.1. The summed E-state index contributed by atoms with van der Waals surface area (Å²) in [5.74, 6) is -3.87. The van der Waals surface area contributed by atoms with Crippen molar-refractivity contribution in [2.75, 3.05) is 82.8 Å². The molecule has 0 unspecified atom stereocenters. The summed E-state index contributed by atoms with van der Waals surface area (Å²) in [6.45, 7) is -3.02. The van der Waals surface area contributed by atoms with Crippen molar-refractivity contribution >= 4 is 64.1 Å². The standard InChI is InChI=1S/C44H52N4O20S4/c1-45(2)37(49)21-65-41-25-9-27-15-34(70(56,57)58)17-29(42(27)66-22-38(50)46(3)4)11-31-19-36(72(62,63)64)20-32(44(31)68-24-40(52)48(7)8)12-30-18-35(71(59,60)61)16-28(43(30)67-23-39(51)47(5)6)10-26(41)14-33(13-25)69(53,54)55/h13-20H,9-12,21-24H2,1-8H3,(H,53,54,55)(H,56,57,58)(H,59,60,61)(H,62,63,64). The van der Waals surface area contributed by atoms with Crippen molar-refractivity contribution in [3.05, 3.63) is 93.0 Å². The number of benzene rings is 4. The number of carbonyl (C=O) groups is 4. The van der Waals surface area contributed by atoms with Crippen LogP contribution < -0.4 is 18.9 Å². The Balaban J connectivity index is 2.09. The number of nitrogens with zero attached hydrogens (tertiary/aromatic N) is 4. The van der Waals surface area contributed by atoms with Crippen LogP contribution in [0.4, 0.5) is 0 Å². The predicted octanol–water partition coefficient (Wildman–Crippen LogP) is 1.22. The highest BCUT2D eigenvalue weighted by atomic mass is 32.2. The Morgan fingerprint density at radius 3 is 0.597 bits per heavy atom. The molecule has 28 heteroatoms. The molecule has 4 aromatic rings. The van der Waals surface area contributed by atoms with Crippen LogP contribution in [0, 0.1) is 0 Å². The summed E-state index contributed by atoms with van der Waals surface area (Å²) < 4.78 is 171. The van der Waals surface area contributed by atoms with E-state index in [0.29, 0.717) is 0 Å². The van der Waals surface area contributed by atoms with E-state index in [2.05, 4.69) is 0 Å². The molecular weight excluding hydrogens is 1030 g/mol. The molecule has 392 valence electrons. The summed E-state index contributed by atoms with van der Waals surface area (Å²) in [4.78, 5) is 53.7. The summed E-state index contributed by atoms with van der Waals surface area (Å²) >= 11 is 0. The van der Waals surface area contributed by atoms with Gasteiger partial charge >= 0.3 is 0 Å². The van der Waals surface area contributed by atoms with Crippen LogP contribution in [0.5, 0.6) is 23.0 Å². The topological polar surface area (TPSA) is 336 Å². The van der Waals surface area contributed by atoms with Crippen LogP contribution in [0.1, 0.15) is 44.5 Å². The molecule has 4 aromatic carbocycles. The van der Waals surface area contributed by atoms with E-state index >= 15 is 0 Å². The first-order chi connectivity index (χ1) is 33.1. The molecule has 0 aromatic heterocycles. The molecule has 0 saturated carbocycles. The lowest BCUT2D eigenvalue weighted by Gasteiger charge is -2.24. The second-order valence-corrected chi connectivity index (χ2v) is 22.9. The van der Waals surface area contributed by atoms with Gasteiger partial charge in [0.1, 0.15) is 23.0 Å². The molecule has 24 nitrogen and oxygen atoms in total. The van der Waals surface area contributed by atoms with Gasteiger partial charge in [-0.25, -0.2) is 0 Å². The molecule has 4 N–H and O–H groups in total. The van der Waals surface area contributed by atoms with Gasteiger partial charge in [-0.1, -0.05) is 0 Å². The number of ether oxygens (including phenoxy) is 4. The Morgan fingerprint density at radius 2 is 0.486 bits per heavy atom. The predicted molar refractivity (Wildman–Crippen MR) is 253 cm³/mol. The summed E-state index contributed by atoms with van der Waals surface area (Å²) in [5.41, 5.74) is -2.01. The van der Waals surface area contributed by atoms with E-state index in [1.165, 1.54) is 56.4 Å². The third kappa shape index (κ3) is 14.0. The highest BCUT2D eigenvalue weighted by molar-refractivity contribution is 7.86. The van der Waals surface area contributed by atoms with Gasteiger partial charge in [0.2, 0.25) is 0 Å². The molecule has 4 amide bonds. The Hall–Kier alpha value is -6.40.